The van der Waals surface area contributed by atoms with E-state index in [1.54, 1.807) is 17.3 Å². The number of amides is 1. The topological polar surface area (TPSA) is 105 Å². The zero-order valence-electron chi connectivity index (χ0n) is 13.1. The van der Waals surface area contributed by atoms with Crippen molar-refractivity contribution in [2.75, 3.05) is 26.7 Å². The largest absolute Gasteiger partial charge is 0.438 e. The van der Waals surface area contributed by atoms with Crippen LogP contribution in [-0.4, -0.2) is 50.9 Å². The van der Waals surface area contributed by atoms with Gasteiger partial charge in [-0.05, 0) is 30.8 Å². The molecule has 1 fully saturated rings. The average molecular weight is 350 g/mol. The lowest BCUT2D eigenvalue weighted by Crippen LogP contribution is -2.48. The van der Waals surface area contributed by atoms with Crippen LogP contribution in [0.5, 0.6) is 0 Å². The fourth-order valence-corrected chi connectivity index (χ4v) is 3.29. The first kappa shape index (κ1) is 16.6. The molecule has 1 aliphatic heterocycles. The molecule has 1 saturated heterocycles. The molecule has 1 aliphatic rings. The molecular weight excluding hydrogens is 332 g/mol. The van der Waals surface area contributed by atoms with Gasteiger partial charge in [-0.1, -0.05) is 6.07 Å². The Bertz CT molecular complexity index is 819. The van der Waals surface area contributed by atoms with Gasteiger partial charge in [0.05, 0.1) is 6.04 Å². The molecular formula is C15H18N4O4S. The van der Waals surface area contributed by atoms with Crippen LogP contribution in [0.15, 0.2) is 46.2 Å². The number of carbonyl (C=O) groups excluding carboxylic acids is 1. The van der Waals surface area contributed by atoms with Gasteiger partial charge in [0.15, 0.2) is 5.76 Å². The van der Waals surface area contributed by atoms with Gasteiger partial charge in [-0.15, -0.1) is 0 Å². The molecule has 128 valence electrons. The summed E-state index contributed by atoms with van der Waals surface area (Å²) in [7, 11) is -2.43. The maximum atomic E-state index is 12.8. The van der Waals surface area contributed by atoms with Crippen LogP contribution < -0.4 is 10.0 Å². The van der Waals surface area contributed by atoms with Gasteiger partial charge in [0.1, 0.15) is 0 Å². The molecule has 8 nitrogen and oxygen atoms in total. The second kappa shape index (κ2) is 6.71. The Balaban J connectivity index is 1.88. The summed E-state index contributed by atoms with van der Waals surface area (Å²) in [5, 5.41) is 2.97. The third-order valence-corrected chi connectivity index (χ3v) is 5.19. The smallest absolute Gasteiger partial charge is 0.290 e. The van der Waals surface area contributed by atoms with Gasteiger partial charge >= 0.3 is 0 Å². The van der Waals surface area contributed by atoms with Crippen molar-refractivity contribution >= 4 is 15.9 Å². The number of sulfonamides is 1. The molecule has 0 aromatic carbocycles. The van der Waals surface area contributed by atoms with Crippen LogP contribution in [0, 0.1) is 0 Å². The summed E-state index contributed by atoms with van der Waals surface area (Å²) in [6.07, 6.45) is 3.39. The van der Waals surface area contributed by atoms with Crippen molar-refractivity contribution in [3.63, 3.8) is 0 Å². The fourth-order valence-electron chi connectivity index (χ4n) is 2.64. The van der Waals surface area contributed by atoms with Crippen molar-refractivity contribution in [1.29, 1.82) is 0 Å². The summed E-state index contributed by atoms with van der Waals surface area (Å²) >= 11 is 0. The Morgan fingerprint density at radius 1 is 1.42 bits per heavy atom. The van der Waals surface area contributed by atoms with E-state index in [-0.39, 0.29) is 22.8 Å². The lowest BCUT2D eigenvalue weighted by atomic mass is 10.1. The van der Waals surface area contributed by atoms with E-state index in [4.69, 9.17) is 4.42 Å². The predicted octanol–water partition coefficient (Wildman–Crippen LogP) is 0.369. The molecule has 2 aromatic heterocycles. The average Bonchev–Trinajstić information content (AvgIpc) is 3.13. The van der Waals surface area contributed by atoms with E-state index >= 15 is 0 Å². The van der Waals surface area contributed by atoms with Crippen LogP contribution in [0.4, 0.5) is 0 Å². The first-order chi connectivity index (χ1) is 11.5. The number of hydrogen-bond acceptors (Lipinski definition) is 6. The molecule has 3 rings (SSSR count). The van der Waals surface area contributed by atoms with E-state index in [1.807, 2.05) is 12.1 Å². The maximum Gasteiger partial charge on any atom is 0.290 e. The van der Waals surface area contributed by atoms with Crippen molar-refractivity contribution in [2.45, 2.75) is 11.1 Å². The molecule has 1 unspecified atom stereocenters. The van der Waals surface area contributed by atoms with Crippen molar-refractivity contribution in [2.24, 2.45) is 0 Å². The van der Waals surface area contributed by atoms with E-state index < -0.39 is 10.0 Å². The standard InChI is InChI=1S/C15H18N4O4S/c1-16-24(21,22)14-5-4-13(23-14)15(20)19-8-7-18-10-12(19)11-3-2-6-17-9-11/h2-6,9,12,16,18H,7-8,10H2,1H3. The second-order valence-corrected chi connectivity index (χ2v) is 7.15. The Labute approximate surface area is 139 Å². The molecule has 0 radical (unpaired) electrons. The first-order valence-corrected chi connectivity index (χ1v) is 8.96. The lowest BCUT2D eigenvalue weighted by Gasteiger charge is -2.35. The number of rotatable bonds is 4. The minimum absolute atomic E-state index is 0.000356. The molecule has 1 atom stereocenters. The zero-order chi connectivity index (χ0) is 17.2. The molecule has 3 heterocycles. The Hall–Kier alpha value is -2.23. The molecule has 9 heteroatoms. The van der Waals surface area contributed by atoms with Gasteiger partial charge in [-0.2, -0.15) is 0 Å². The van der Waals surface area contributed by atoms with Crippen molar-refractivity contribution < 1.29 is 17.6 Å². The summed E-state index contributed by atoms with van der Waals surface area (Å²) in [6, 6.07) is 6.20. The molecule has 0 aliphatic carbocycles. The highest BCUT2D eigenvalue weighted by molar-refractivity contribution is 7.89. The molecule has 0 bridgehead atoms. The normalized spacial score (nSPS) is 18.5. The minimum Gasteiger partial charge on any atom is -0.438 e. The third kappa shape index (κ3) is 3.18. The highest BCUT2D eigenvalue weighted by Crippen LogP contribution is 2.24. The van der Waals surface area contributed by atoms with Crippen molar-refractivity contribution in [1.82, 2.24) is 19.9 Å². The highest BCUT2D eigenvalue weighted by Gasteiger charge is 2.31. The second-order valence-electron chi connectivity index (χ2n) is 5.33. The monoisotopic (exact) mass is 350 g/mol. The van der Waals surface area contributed by atoms with Crippen LogP contribution in [-0.2, 0) is 10.0 Å². The number of piperazine rings is 1. The quantitative estimate of drug-likeness (QED) is 0.825. The van der Waals surface area contributed by atoms with Crippen molar-refractivity contribution in [3.05, 3.63) is 48.0 Å². The van der Waals surface area contributed by atoms with E-state index in [2.05, 4.69) is 15.0 Å². The van der Waals surface area contributed by atoms with E-state index in [1.165, 1.54) is 19.2 Å². The third-order valence-electron chi connectivity index (χ3n) is 3.90. The molecule has 1 amide bonds. The number of aromatic nitrogens is 1. The Morgan fingerprint density at radius 2 is 2.25 bits per heavy atom. The minimum atomic E-state index is -3.72. The number of hydrogen-bond donors (Lipinski definition) is 2. The van der Waals surface area contributed by atoms with Crippen LogP contribution >= 0.6 is 0 Å². The van der Waals surface area contributed by atoms with Crippen LogP contribution in [0.1, 0.15) is 22.2 Å². The van der Waals surface area contributed by atoms with Crippen LogP contribution in [0.2, 0.25) is 0 Å². The maximum absolute atomic E-state index is 12.8. The van der Waals surface area contributed by atoms with Gasteiger partial charge in [-0.25, -0.2) is 13.1 Å². The van der Waals surface area contributed by atoms with Crippen molar-refractivity contribution in [3.8, 4) is 0 Å². The van der Waals surface area contributed by atoms with Crippen LogP contribution in [0.3, 0.4) is 0 Å². The number of furan rings is 1. The lowest BCUT2D eigenvalue weighted by molar-refractivity contribution is 0.0595. The predicted molar refractivity (Wildman–Crippen MR) is 85.8 cm³/mol. The molecule has 0 saturated carbocycles. The number of carbonyl (C=O) groups is 1. The fraction of sp³-hybridized carbons (Fsp3) is 0.333. The summed E-state index contributed by atoms with van der Waals surface area (Å²) in [4.78, 5) is 18.5. The Kier molecular flexibility index (Phi) is 4.65. The van der Waals surface area contributed by atoms with E-state index in [0.717, 1.165) is 5.56 Å². The summed E-state index contributed by atoms with van der Waals surface area (Å²) in [5.74, 6) is -0.345. The van der Waals surface area contributed by atoms with Gasteiger partial charge < -0.3 is 14.6 Å². The highest BCUT2D eigenvalue weighted by atomic mass is 32.2. The number of nitrogens with zero attached hydrogens (tertiary/aromatic N) is 2. The van der Waals surface area contributed by atoms with Gasteiger partial charge in [0.2, 0.25) is 5.09 Å². The summed E-state index contributed by atoms with van der Waals surface area (Å²) in [6.45, 7) is 1.75. The van der Waals surface area contributed by atoms with E-state index in [0.29, 0.717) is 19.6 Å². The number of pyridine rings is 1. The molecule has 2 aromatic rings. The summed E-state index contributed by atoms with van der Waals surface area (Å²) in [5.41, 5.74) is 0.910. The first-order valence-electron chi connectivity index (χ1n) is 7.48. The van der Waals surface area contributed by atoms with Gasteiger partial charge in [-0.3, -0.25) is 9.78 Å². The molecule has 24 heavy (non-hydrogen) atoms. The number of nitrogens with one attached hydrogen (secondary N) is 2. The Morgan fingerprint density at radius 3 is 2.96 bits per heavy atom. The van der Waals surface area contributed by atoms with E-state index in [9.17, 15) is 13.2 Å². The van der Waals surface area contributed by atoms with Gasteiger partial charge in [0, 0.05) is 32.0 Å². The summed E-state index contributed by atoms with van der Waals surface area (Å²) < 4.78 is 30.9. The molecule has 2 N–H and O–H groups in total. The van der Waals surface area contributed by atoms with Gasteiger partial charge in [0.25, 0.3) is 15.9 Å². The van der Waals surface area contributed by atoms with Crippen LogP contribution in [0.25, 0.3) is 0 Å². The SMILES string of the molecule is CNS(=O)(=O)c1ccc(C(=O)N2CCNCC2c2cccnc2)o1. The zero-order valence-corrected chi connectivity index (χ0v) is 13.9. The molecule has 0 spiro atoms.